The van der Waals surface area contributed by atoms with E-state index in [9.17, 15) is 4.39 Å². The van der Waals surface area contributed by atoms with Gasteiger partial charge >= 0.3 is 0 Å². The van der Waals surface area contributed by atoms with Crippen molar-refractivity contribution in [2.24, 2.45) is 12.0 Å². The lowest BCUT2D eigenvalue weighted by atomic mass is 10.3. The SMILES string of the molecule is CCNC(=NCc1cnn(C)c1)NCC(C)Oc1ccc(F)cc1.I. The lowest BCUT2D eigenvalue weighted by molar-refractivity contribution is 0.223. The Morgan fingerprint density at radius 1 is 1.32 bits per heavy atom. The summed E-state index contributed by atoms with van der Waals surface area (Å²) in [6, 6.07) is 6.00. The fourth-order valence-corrected chi connectivity index (χ4v) is 2.09. The smallest absolute Gasteiger partial charge is 0.191 e. The van der Waals surface area contributed by atoms with Gasteiger partial charge in [0, 0.05) is 25.4 Å². The van der Waals surface area contributed by atoms with Crippen LogP contribution in [0.4, 0.5) is 4.39 Å². The molecule has 0 aliphatic rings. The van der Waals surface area contributed by atoms with Gasteiger partial charge in [-0.25, -0.2) is 9.38 Å². The van der Waals surface area contributed by atoms with E-state index < -0.39 is 0 Å². The molecule has 138 valence electrons. The molecule has 0 radical (unpaired) electrons. The highest BCUT2D eigenvalue weighted by Gasteiger charge is 2.06. The first kappa shape index (κ1) is 21.2. The number of nitrogens with zero attached hydrogens (tertiary/aromatic N) is 3. The topological polar surface area (TPSA) is 63.5 Å². The molecule has 1 unspecified atom stereocenters. The minimum absolute atomic E-state index is 0. The molecule has 0 saturated carbocycles. The summed E-state index contributed by atoms with van der Waals surface area (Å²) >= 11 is 0. The molecule has 0 aliphatic carbocycles. The lowest BCUT2D eigenvalue weighted by Crippen LogP contribution is -2.41. The van der Waals surface area contributed by atoms with Crippen molar-refractivity contribution in [2.45, 2.75) is 26.5 Å². The maximum absolute atomic E-state index is 12.9. The molecule has 0 aliphatic heterocycles. The first-order valence-corrected chi connectivity index (χ1v) is 7.98. The van der Waals surface area contributed by atoms with Crippen LogP contribution >= 0.6 is 24.0 Å². The number of ether oxygens (including phenoxy) is 1. The number of nitrogens with one attached hydrogen (secondary N) is 2. The average Bonchev–Trinajstić information content (AvgIpc) is 2.98. The van der Waals surface area contributed by atoms with Crippen molar-refractivity contribution in [3.05, 3.63) is 48.0 Å². The summed E-state index contributed by atoms with van der Waals surface area (Å²) in [4.78, 5) is 4.52. The summed E-state index contributed by atoms with van der Waals surface area (Å²) in [6.07, 6.45) is 3.65. The molecule has 1 aromatic carbocycles. The van der Waals surface area contributed by atoms with Gasteiger partial charge in [-0.1, -0.05) is 0 Å². The molecule has 0 saturated heterocycles. The molecular formula is C17H25FIN5O. The molecule has 2 N–H and O–H groups in total. The molecule has 0 bridgehead atoms. The normalized spacial score (nSPS) is 12.2. The Hall–Kier alpha value is -1.84. The van der Waals surface area contributed by atoms with Crippen LogP contribution in [0.15, 0.2) is 41.7 Å². The van der Waals surface area contributed by atoms with Crippen molar-refractivity contribution in [1.82, 2.24) is 20.4 Å². The molecular weight excluding hydrogens is 436 g/mol. The van der Waals surface area contributed by atoms with Crippen LogP contribution in [0.1, 0.15) is 19.4 Å². The summed E-state index contributed by atoms with van der Waals surface area (Å²) < 4.78 is 20.4. The van der Waals surface area contributed by atoms with Gasteiger partial charge in [-0.2, -0.15) is 5.10 Å². The van der Waals surface area contributed by atoms with Gasteiger partial charge in [0.25, 0.3) is 0 Å². The fraction of sp³-hybridized carbons (Fsp3) is 0.412. The van der Waals surface area contributed by atoms with Gasteiger partial charge in [-0.3, -0.25) is 4.68 Å². The molecule has 25 heavy (non-hydrogen) atoms. The first-order chi connectivity index (χ1) is 11.6. The van der Waals surface area contributed by atoms with E-state index in [0.717, 1.165) is 18.1 Å². The number of benzene rings is 1. The van der Waals surface area contributed by atoms with Crippen LogP contribution in [-0.4, -0.2) is 34.9 Å². The minimum Gasteiger partial charge on any atom is -0.489 e. The van der Waals surface area contributed by atoms with Crippen molar-refractivity contribution in [3.8, 4) is 5.75 Å². The van der Waals surface area contributed by atoms with Crippen LogP contribution in [0.25, 0.3) is 0 Å². The van der Waals surface area contributed by atoms with Crippen molar-refractivity contribution >= 4 is 29.9 Å². The quantitative estimate of drug-likeness (QED) is 0.378. The number of hydrogen-bond donors (Lipinski definition) is 2. The maximum atomic E-state index is 12.9. The Bertz CT molecular complexity index is 659. The van der Waals surface area contributed by atoms with E-state index in [4.69, 9.17) is 4.74 Å². The molecule has 1 atom stereocenters. The number of guanidine groups is 1. The maximum Gasteiger partial charge on any atom is 0.191 e. The summed E-state index contributed by atoms with van der Waals surface area (Å²) in [5, 5.41) is 10.6. The second-order valence-corrected chi connectivity index (χ2v) is 5.48. The van der Waals surface area contributed by atoms with Gasteiger partial charge in [-0.05, 0) is 38.1 Å². The van der Waals surface area contributed by atoms with E-state index in [0.29, 0.717) is 18.8 Å². The van der Waals surface area contributed by atoms with Crippen LogP contribution in [-0.2, 0) is 13.6 Å². The zero-order valence-electron chi connectivity index (χ0n) is 14.7. The number of rotatable bonds is 7. The van der Waals surface area contributed by atoms with Gasteiger partial charge in [0.05, 0.1) is 19.3 Å². The van der Waals surface area contributed by atoms with E-state index in [-0.39, 0.29) is 35.9 Å². The van der Waals surface area contributed by atoms with Gasteiger partial charge < -0.3 is 15.4 Å². The molecule has 1 aromatic heterocycles. The highest BCUT2D eigenvalue weighted by molar-refractivity contribution is 14.0. The van der Waals surface area contributed by atoms with Crippen LogP contribution in [0, 0.1) is 5.82 Å². The van der Waals surface area contributed by atoms with Crippen molar-refractivity contribution in [2.75, 3.05) is 13.1 Å². The molecule has 6 nitrogen and oxygen atoms in total. The van der Waals surface area contributed by atoms with Crippen molar-refractivity contribution in [1.29, 1.82) is 0 Å². The van der Waals surface area contributed by atoms with Gasteiger partial charge in [0.2, 0.25) is 0 Å². The molecule has 8 heteroatoms. The Labute approximate surface area is 164 Å². The summed E-state index contributed by atoms with van der Waals surface area (Å²) in [5.41, 5.74) is 1.05. The number of halogens is 2. The molecule has 2 rings (SSSR count). The summed E-state index contributed by atoms with van der Waals surface area (Å²) in [5.74, 6) is 1.09. The minimum atomic E-state index is -0.273. The van der Waals surface area contributed by atoms with Gasteiger partial charge in [0.1, 0.15) is 17.7 Å². The zero-order chi connectivity index (χ0) is 17.4. The van der Waals surface area contributed by atoms with Crippen LogP contribution in [0.3, 0.4) is 0 Å². The molecule has 0 amide bonds. The second kappa shape index (κ2) is 10.9. The average molecular weight is 461 g/mol. The van der Waals surface area contributed by atoms with Gasteiger partial charge in [0.15, 0.2) is 5.96 Å². The number of hydrogen-bond acceptors (Lipinski definition) is 3. The Kier molecular flexibility index (Phi) is 9.25. The number of aliphatic imine (C=N–C) groups is 1. The standard InChI is InChI=1S/C17H24FN5O.HI/c1-4-19-17(21-10-14-11-22-23(3)12-14)20-9-13(2)24-16-7-5-15(18)6-8-16;/h5-8,11-13H,4,9-10H2,1-3H3,(H2,19,20,21);1H. The second-order valence-electron chi connectivity index (χ2n) is 5.48. The third kappa shape index (κ3) is 7.72. The Balaban J connectivity index is 0.00000312. The number of aryl methyl sites for hydroxylation is 1. The van der Waals surface area contributed by atoms with Crippen LogP contribution in [0.2, 0.25) is 0 Å². The molecule has 1 heterocycles. The molecule has 2 aromatic rings. The van der Waals surface area contributed by atoms with Crippen molar-refractivity contribution in [3.63, 3.8) is 0 Å². The Morgan fingerprint density at radius 2 is 2.04 bits per heavy atom. The zero-order valence-corrected chi connectivity index (χ0v) is 17.0. The highest BCUT2D eigenvalue weighted by Crippen LogP contribution is 2.12. The van der Waals surface area contributed by atoms with Crippen LogP contribution in [0.5, 0.6) is 5.75 Å². The van der Waals surface area contributed by atoms with E-state index >= 15 is 0 Å². The number of aromatic nitrogens is 2. The largest absolute Gasteiger partial charge is 0.489 e. The van der Waals surface area contributed by atoms with E-state index in [1.807, 2.05) is 27.1 Å². The first-order valence-electron chi connectivity index (χ1n) is 7.98. The third-order valence-electron chi connectivity index (χ3n) is 3.23. The van der Waals surface area contributed by atoms with Gasteiger partial charge in [-0.15, -0.1) is 24.0 Å². The lowest BCUT2D eigenvalue weighted by Gasteiger charge is -2.17. The Morgan fingerprint density at radius 3 is 2.64 bits per heavy atom. The molecule has 0 fully saturated rings. The van der Waals surface area contributed by atoms with E-state index in [2.05, 4.69) is 20.7 Å². The van der Waals surface area contributed by atoms with Crippen molar-refractivity contribution < 1.29 is 9.13 Å². The third-order valence-corrected chi connectivity index (χ3v) is 3.23. The summed E-state index contributed by atoms with van der Waals surface area (Å²) in [7, 11) is 1.88. The molecule has 0 spiro atoms. The monoisotopic (exact) mass is 461 g/mol. The predicted molar refractivity (Wildman–Crippen MR) is 108 cm³/mol. The van der Waals surface area contributed by atoms with Crippen LogP contribution < -0.4 is 15.4 Å². The predicted octanol–water partition coefficient (Wildman–Crippen LogP) is 2.70. The van der Waals surface area contributed by atoms with E-state index in [1.54, 1.807) is 23.0 Å². The van der Waals surface area contributed by atoms with E-state index in [1.165, 1.54) is 12.1 Å². The highest BCUT2D eigenvalue weighted by atomic mass is 127. The summed E-state index contributed by atoms with van der Waals surface area (Å²) in [6.45, 7) is 5.86. The fourth-order valence-electron chi connectivity index (χ4n) is 2.09.